The van der Waals surface area contributed by atoms with E-state index in [9.17, 15) is 0 Å². The first kappa shape index (κ1) is 24.9. The first-order valence-electron chi connectivity index (χ1n) is 11.6. The monoisotopic (exact) mass is 382 g/mol. The number of piperidine rings is 2. The van der Waals surface area contributed by atoms with E-state index in [0.717, 1.165) is 12.1 Å². The molecular weight excluding hydrogens is 332 g/mol. The molecule has 4 heteroatoms. The predicted molar refractivity (Wildman–Crippen MR) is 121 cm³/mol. The highest BCUT2D eigenvalue weighted by Gasteiger charge is 2.30. The molecule has 4 nitrogen and oxygen atoms in total. The molecule has 3 heterocycles. The molecule has 0 aliphatic carbocycles. The molecule has 0 amide bonds. The topological polar surface area (TPSA) is 13.0 Å². The van der Waals surface area contributed by atoms with Gasteiger partial charge >= 0.3 is 0 Å². The van der Waals surface area contributed by atoms with Crippen molar-refractivity contribution < 1.29 is 0 Å². The van der Waals surface area contributed by atoms with Gasteiger partial charge in [-0.05, 0) is 107 Å². The molecule has 0 aromatic rings. The van der Waals surface area contributed by atoms with Gasteiger partial charge in [0.05, 0.1) is 0 Å². The summed E-state index contributed by atoms with van der Waals surface area (Å²) in [5.74, 6) is 0. The summed E-state index contributed by atoms with van der Waals surface area (Å²) in [6.45, 7) is 18.9. The Labute approximate surface area is 171 Å². The third kappa shape index (κ3) is 8.81. The third-order valence-corrected chi connectivity index (χ3v) is 6.49. The minimum Gasteiger partial charge on any atom is -0.306 e. The van der Waals surface area contributed by atoms with E-state index in [-0.39, 0.29) is 0 Å². The van der Waals surface area contributed by atoms with Crippen molar-refractivity contribution in [1.82, 2.24) is 19.6 Å². The Morgan fingerprint density at radius 3 is 1.63 bits per heavy atom. The second-order valence-electron chi connectivity index (χ2n) is 9.63. The smallest absolute Gasteiger partial charge is 0.0125 e. The lowest BCUT2D eigenvalue weighted by Crippen LogP contribution is -2.50. The highest BCUT2D eigenvalue weighted by Crippen LogP contribution is 2.25. The number of nitrogens with zero attached hydrogens (tertiary/aromatic N) is 4. The molecule has 0 radical (unpaired) electrons. The maximum absolute atomic E-state index is 2.72. The SMILES string of the molecule is CC.CC(C)(C)N1CCC(N2CCCC2)CC1.CN1CCC(N(C)C)CC1. The molecule has 162 valence electrons. The quantitative estimate of drug-likeness (QED) is 0.715. The maximum Gasteiger partial charge on any atom is 0.0125 e. The lowest BCUT2D eigenvalue weighted by Gasteiger charge is -2.43. The highest BCUT2D eigenvalue weighted by atomic mass is 15.2. The Hall–Kier alpha value is -0.160. The van der Waals surface area contributed by atoms with Gasteiger partial charge in [0.25, 0.3) is 0 Å². The molecular formula is C23H50N4. The van der Waals surface area contributed by atoms with Gasteiger partial charge in [-0.1, -0.05) is 13.8 Å². The van der Waals surface area contributed by atoms with Crippen molar-refractivity contribution in [3.05, 3.63) is 0 Å². The van der Waals surface area contributed by atoms with Crippen LogP contribution in [0.5, 0.6) is 0 Å². The van der Waals surface area contributed by atoms with Crippen LogP contribution >= 0.6 is 0 Å². The molecule has 0 aromatic carbocycles. The second kappa shape index (κ2) is 12.4. The van der Waals surface area contributed by atoms with Crippen LogP contribution in [0.15, 0.2) is 0 Å². The first-order chi connectivity index (χ1) is 12.8. The molecule has 3 aliphatic rings. The van der Waals surface area contributed by atoms with Crippen LogP contribution in [-0.4, -0.2) is 97.6 Å². The molecule has 0 bridgehead atoms. The van der Waals surface area contributed by atoms with E-state index >= 15 is 0 Å². The molecule has 0 atom stereocenters. The molecule has 0 aromatic heterocycles. The molecule has 3 saturated heterocycles. The van der Waals surface area contributed by atoms with Crippen LogP contribution in [0.4, 0.5) is 0 Å². The zero-order chi connectivity index (χ0) is 20.4. The molecule has 0 spiro atoms. The summed E-state index contributed by atoms with van der Waals surface area (Å²) in [5, 5.41) is 0. The van der Waals surface area contributed by atoms with Crippen LogP contribution in [0.1, 0.15) is 73.1 Å². The standard InChI is InChI=1S/C13H26N2.C8H18N2.C2H6/c1-13(2,3)15-10-6-12(7-11-15)14-8-4-5-9-14;1-9(2)8-4-6-10(3)7-5-8;1-2/h12H,4-11H2,1-3H3;8H,4-7H2,1-3H3;1-2H3. The van der Waals surface area contributed by atoms with E-state index in [1.807, 2.05) is 13.8 Å². The Balaban J connectivity index is 0.000000265. The summed E-state index contributed by atoms with van der Waals surface area (Å²) < 4.78 is 0. The summed E-state index contributed by atoms with van der Waals surface area (Å²) in [5.41, 5.74) is 0.371. The van der Waals surface area contributed by atoms with E-state index in [4.69, 9.17) is 0 Å². The van der Waals surface area contributed by atoms with Crippen LogP contribution in [0, 0.1) is 0 Å². The number of likely N-dealkylation sites (tertiary alicyclic amines) is 3. The summed E-state index contributed by atoms with van der Waals surface area (Å²) in [6, 6.07) is 1.72. The van der Waals surface area contributed by atoms with Gasteiger partial charge < -0.3 is 14.7 Å². The summed E-state index contributed by atoms with van der Waals surface area (Å²) >= 11 is 0. The number of hydrogen-bond donors (Lipinski definition) is 0. The van der Waals surface area contributed by atoms with E-state index in [1.54, 1.807) is 0 Å². The molecule has 27 heavy (non-hydrogen) atoms. The van der Waals surface area contributed by atoms with Crippen LogP contribution in [0.25, 0.3) is 0 Å². The van der Waals surface area contributed by atoms with Crippen LogP contribution in [0.2, 0.25) is 0 Å². The van der Waals surface area contributed by atoms with Crippen LogP contribution < -0.4 is 0 Å². The predicted octanol–water partition coefficient (Wildman–Crippen LogP) is 4.01. The van der Waals surface area contributed by atoms with Crippen LogP contribution in [-0.2, 0) is 0 Å². The molecule has 3 aliphatic heterocycles. The molecule has 3 rings (SSSR count). The Kier molecular flexibility index (Phi) is 11.4. The average Bonchev–Trinajstić information content (AvgIpc) is 3.18. The summed E-state index contributed by atoms with van der Waals surface area (Å²) in [4.78, 5) is 10.1. The second-order valence-corrected chi connectivity index (χ2v) is 9.63. The summed E-state index contributed by atoms with van der Waals surface area (Å²) in [7, 11) is 6.55. The van der Waals surface area contributed by atoms with Gasteiger partial charge in [0, 0.05) is 30.7 Å². The van der Waals surface area contributed by atoms with E-state index in [2.05, 4.69) is 61.5 Å². The molecule has 0 unspecified atom stereocenters. The molecule has 0 N–H and O–H groups in total. The normalized spacial score (nSPS) is 24.3. The van der Waals surface area contributed by atoms with Crippen molar-refractivity contribution >= 4 is 0 Å². The first-order valence-corrected chi connectivity index (χ1v) is 11.6. The number of hydrogen-bond acceptors (Lipinski definition) is 4. The average molecular weight is 383 g/mol. The van der Waals surface area contributed by atoms with Gasteiger partial charge in [-0.15, -0.1) is 0 Å². The van der Waals surface area contributed by atoms with E-state index in [0.29, 0.717) is 5.54 Å². The third-order valence-electron chi connectivity index (χ3n) is 6.49. The minimum absolute atomic E-state index is 0.371. The fraction of sp³-hybridized carbons (Fsp3) is 1.00. The van der Waals surface area contributed by atoms with E-state index < -0.39 is 0 Å². The van der Waals surface area contributed by atoms with Crippen molar-refractivity contribution in [2.75, 3.05) is 60.4 Å². The Morgan fingerprint density at radius 2 is 1.22 bits per heavy atom. The van der Waals surface area contributed by atoms with Crippen LogP contribution in [0.3, 0.4) is 0 Å². The van der Waals surface area contributed by atoms with Crippen molar-refractivity contribution in [3.63, 3.8) is 0 Å². The lowest BCUT2D eigenvalue weighted by molar-refractivity contribution is 0.0649. The minimum atomic E-state index is 0.371. The van der Waals surface area contributed by atoms with Gasteiger partial charge in [-0.3, -0.25) is 4.90 Å². The Bertz CT molecular complexity index is 355. The van der Waals surface area contributed by atoms with Gasteiger partial charge in [0.2, 0.25) is 0 Å². The fourth-order valence-corrected chi connectivity index (χ4v) is 4.52. The molecule has 3 fully saturated rings. The highest BCUT2D eigenvalue weighted by molar-refractivity contribution is 4.86. The van der Waals surface area contributed by atoms with Crippen molar-refractivity contribution in [3.8, 4) is 0 Å². The van der Waals surface area contributed by atoms with Crippen molar-refractivity contribution in [1.29, 1.82) is 0 Å². The lowest BCUT2D eigenvalue weighted by atomic mass is 9.97. The zero-order valence-corrected chi connectivity index (χ0v) is 19.9. The number of rotatable bonds is 2. The fourth-order valence-electron chi connectivity index (χ4n) is 4.52. The zero-order valence-electron chi connectivity index (χ0n) is 19.9. The van der Waals surface area contributed by atoms with Crippen molar-refractivity contribution in [2.45, 2.75) is 90.8 Å². The van der Waals surface area contributed by atoms with Crippen molar-refractivity contribution in [2.24, 2.45) is 0 Å². The summed E-state index contributed by atoms with van der Waals surface area (Å²) in [6.07, 6.45) is 8.31. The van der Waals surface area contributed by atoms with Gasteiger partial charge in [0.1, 0.15) is 0 Å². The van der Waals surface area contributed by atoms with Gasteiger partial charge in [-0.2, -0.15) is 0 Å². The maximum atomic E-state index is 2.72. The van der Waals surface area contributed by atoms with E-state index in [1.165, 1.54) is 77.8 Å². The Morgan fingerprint density at radius 1 is 0.741 bits per heavy atom. The molecule has 0 saturated carbocycles. The van der Waals surface area contributed by atoms with Gasteiger partial charge in [-0.25, -0.2) is 0 Å². The largest absolute Gasteiger partial charge is 0.306 e. The van der Waals surface area contributed by atoms with Gasteiger partial charge in [0.15, 0.2) is 0 Å².